The lowest BCUT2D eigenvalue weighted by molar-refractivity contribution is -0.212. The van der Waals surface area contributed by atoms with Crippen LogP contribution < -0.4 is 4.74 Å². The fourth-order valence-electron chi connectivity index (χ4n) is 1.89. The average molecular weight is 274 g/mol. The highest BCUT2D eigenvalue weighted by Crippen LogP contribution is 2.39. The number of alkyl halides is 3. The first-order valence-electron chi connectivity index (χ1n) is 5.77. The highest BCUT2D eigenvalue weighted by atomic mass is 19.4. The molecule has 1 N–H and O–H groups in total. The second-order valence-corrected chi connectivity index (χ2v) is 4.54. The Kier molecular flexibility index (Phi) is 4.63. The molecule has 0 saturated carbocycles. The first kappa shape index (κ1) is 15.6. The fourth-order valence-corrected chi connectivity index (χ4v) is 1.89. The van der Waals surface area contributed by atoms with Crippen LogP contribution in [0, 0.1) is 5.92 Å². The molecule has 1 rings (SSSR count). The SMILES string of the molecule is C=CC(C)(O)C(Cc1ccccc1OC)C(F)(F)F. The van der Waals surface area contributed by atoms with Gasteiger partial charge in [-0.15, -0.1) is 6.58 Å². The van der Waals surface area contributed by atoms with Crippen molar-refractivity contribution in [3.63, 3.8) is 0 Å². The van der Waals surface area contributed by atoms with Gasteiger partial charge in [-0.05, 0) is 25.0 Å². The van der Waals surface area contributed by atoms with E-state index in [4.69, 9.17) is 4.74 Å². The zero-order chi connectivity index (χ0) is 14.7. The van der Waals surface area contributed by atoms with Crippen LogP contribution in [0.3, 0.4) is 0 Å². The van der Waals surface area contributed by atoms with Gasteiger partial charge in [-0.1, -0.05) is 24.3 Å². The second-order valence-electron chi connectivity index (χ2n) is 4.54. The molecule has 0 aliphatic rings. The van der Waals surface area contributed by atoms with E-state index in [1.54, 1.807) is 24.3 Å². The van der Waals surface area contributed by atoms with Crippen molar-refractivity contribution >= 4 is 0 Å². The van der Waals surface area contributed by atoms with Crippen molar-refractivity contribution in [1.82, 2.24) is 0 Å². The maximum atomic E-state index is 13.1. The number of hydrogen-bond donors (Lipinski definition) is 1. The second kappa shape index (κ2) is 5.65. The maximum Gasteiger partial charge on any atom is 0.395 e. The summed E-state index contributed by atoms with van der Waals surface area (Å²) in [4.78, 5) is 0. The molecular weight excluding hydrogens is 257 g/mol. The average Bonchev–Trinajstić information content (AvgIpc) is 2.34. The smallest absolute Gasteiger partial charge is 0.395 e. The van der Waals surface area contributed by atoms with E-state index in [0.29, 0.717) is 11.3 Å². The normalized spacial score (nSPS) is 16.5. The van der Waals surface area contributed by atoms with Crippen molar-refractivity contribution in [2.24, 2.45) is 5.92 Å². The molecule has 2 atom stereocenters. The standard InChI is InChI=1S/C14H17F3O2/c1-4-13(2,18)12(14(15,16)17)9-10-7-5-6-8-11(10)19-3/h4-8,12,18H,1,9H2,2-3H3. The molecule has 5 heteroatoms. The zero-order valence-corrected chi connectivity index (χ0v) is 10.9. The topological polar surface area (TPSA) is 29.5 Å². The summed E-state index contributed by atoms with van der Waals surface area (Å²) in [7, 11) is 1.40. The summed E-state index contributed by atoms with van der Waals surface area (Å²) in [5.41, 5.74) is -1.63. The van der Waals surface area contributed by atoms with Gasteiger partial charge in [-0.2, -0.15) is 13.2 Å². The van der Waals surface area contributed by atoms with Crippen molar-refractivity contribution in [3.05, 3.63) is 42.5 Å². The van der Waals surface area contributed by atoms with Gasteiger partial charge in [0.25, 0.3) is 0 Å². The van der Waals surface area contributed by atoms with E-state index in [-0.39, 0.29) is 6.42 Å². The molecule has 0 fully saturated rings. The van der Waals surface area contributed by atoms with E-state index in [9.17, 15) is 18.3 Å². The number of methoxy groups -OCH3 is 1. The predicted molar refractivity (Wildman–Crippen MR) is 67.1 cm³/mol. The van der Waals surface area contributed by atoms with Gasteiger partial charge >= 0.3 is 6.18 Å². The van der Waals surface area contributed by atoms with Crippen molar-refractivity contribution < 1.29 is 23.0 Å². The number of hydrogen-bond acceptors (Lipinski definition) is 2. The lowest BCUT2D eigenvalue weighted by Crippen LogP contribution is -2.43. The van der Waals surface area contributed by atoms with E-state index < -0.39 is 17.7 Å². The highest BCUT2D eigenvalue weighted by Gasteiger charge is 2.49. The molecule has 0 aliphatic heterocycles. The minimum Gasteiger partial charge on any atom is -0.496 e. The van der Waals surface area contributed by atoms with E-state index in [2.05, 4.69) is 6.58 Å². The Morgan fingerprint density at radius 3 is 2.42 bits per heavy atom. The Hall–Kier alpha value is -1.49. The molecule has 0 radical (unpaired) electrons. The molecule has 0 aliphatic carbocycles. The van der Waals surface area contributed by atoms with Crippen molar-refractivity contribution in [3.8, 4) is 5.75 Å². The van der Waals surface area contributed by atoms with E-state index >= 15 is 0 Å². The number of halogens is 3. The summed E-state index contributed by atoms with van der Waals surface area (Å²) in [6, 6.07) is 6.45. The fraction of sp³-hybridized carbons (Fsp3) is 0.429. The summed E-state index contributed by atoms with van der Waals surface area (Å²) >= 11 is 0. The molecular formula is C14H17F3O2. The van der Waals surface area contributed by atoms with Gasteiger partial charge in [0.05, 0.1) is 18.6 Å². The molecule has 0 saturated heterocycles. The van der Waals surface area contributed by atoms with Gasteiger partial charge in [-0.25, -0.2) is 0 Å². The number of aliphatic hydroxyl groups is 1. The van der Waals surface area contributed by atoms with Crippen LogP contribution >= 0.6 is 0 Å². The van der Waals surface area contributed by atoms with Gasteiger partial charge in [0.1, 0.15) is 5.75 Å². The molecule has 0 amide bonds. The molecule has 0 aromatic heterocycles. The summed E-state index contributed by atoms with van der Waals surface area (Å²) in [6.45, 7) is 4.37. The zero-order valence-electron chi connectivity index (χ0n) is 10.9. The predicted octanol–water partition coefficient (Wildman–Crippen LogP) is 3.35. The van der Waals surface area contributed by atoms with E-state index in [1.807, 2.05) is 0 Å². The molecule has 2 unspecified atom stereocenters. The number of ether oxygens (including phenoxy) is 1. The number of rotatable bonds is 5. The first-order valence-corrected chi connectivity index (χ1v) is 5.77. The van der Waals surface area contributed by atoms with Crippen molar-refractivity contribution in [1.29, 1.82) is 0 Å². The summed E-state index contributed by atoms with van der Waals surface area (Å²) in [5.74, 6) is -1.56. The molecule has 1 aromatic rings. The Morgan fingerprint density at radius 2 is 1.95 bits per heavy atom. The summed E-state index contributed by atoms with van der Waals surface area (Å²) in [6.07, 6.45) is -3.98. The lowest BCUT2D eigenvalue weighted by Gasteiger charge is -2.32. The van der Waals surface area contributed by atoms with Gasteiger partial charge in [0.2, 0.25) is 0 Å². The quantitative estimate of drug-likeness (QED) is 0.834. The molecule has 1 aromatic carbocycles. The monoisotopic (exact) mass is 274 g/mol. The Bertz CT molecular complexity index is 439. The van der Waals surface area contributed by atoms with E-state index in [1.165, 1.54) is 7.11 Å². The largest absolute Gasteiger partial charge is 0.496 e. The first-order chi connectivity index (χ1) is 8.72. The molecule has 2 nitrogen and oxygen atoms in total. The van der Waals surface area contributed by atoms with Gasteiger partial charge < -0.3 is 9.84 Å². The van der Waals surface area contributed by atoms with Crippen LogP contribution in [0.2, 0.25) is 0 Å². The molecule has 0 heterocycles. The Labute approximate surface area is 110 Å². The van der Waals surface area contributed by atoms with Crippen LogP contribution in [0.1, 0.15) is 12.5 Å². The Morgan fingerprint density at radius 1 is 1.37 bits per heavy atom. The molecule has 0 bridgehead atoms. The van der Waals surface area contributed by atoms with Gasteiger partial charge in [0, 0.05) is 0 Å². The minimum absolute atomic E-state index is 0.369. The van der Waals surface area contributed by atoms with Crippen LogP contribution in [0.15, 0.2) is 36.9 Å². The number of para-hydroxylation sites is 1. The lowest BCUT2D eigenvalue weighted by atomic mass is 9.83. The van der Waals surface area contributed by atoms with Crippen LogP contribution in [-0.4, -0.2) is 24.0 Å². The maximum absolute atomic E-state index is 13.1. The summed E-state index contributed by atoms with van der Waals surface area (Å²) < 4.78 is 44.3. The van der Waals surface area contributed by atoms with Crippen molar-refractivity contribution in [2.75, 3.05) is 7.11 Å². The highest BCUT2D eigenvalue weighted by molar-refractivity contribution is 5.34. The van der Waals surface area contributed by atoms with Gasteiger partial charge in [-0.3, -0.25) is 0 Å². The minimum atomic E-state index is -4.53. The summed E-state index contributed by atoms with van der Waals surface area (Å²) in [5, 5.41) is 9.86. The molecule has 0 spiro atoms. The van der Waals surface area contributed by atoms with Crippen molar-refractivity contribution in [2.45, 2.75) is 25.1 Å². The van der Waals surface area contributed by atoms with E-state index in [0.717, 1.165) is 13.0 Å². The molecule has 19 heavy (non-hydrogen) atoms. The van der Waals surface area contributed by atoms with Gasteiger partial charge in [0.15, 0.2) is 0 Å². The molecule has 106 valence electrons. The van der Waals surface area contributed by atoms with Crippen LogP contribution in [-0.2, 0) is 6.42 Å². The third-order valence-corrected chi connectivity index (χ3v) is 3.13. The third-order valence-electron chi connectivity index (χ3n) is 3.13. The van der Waals surface area contributed by atoms with Crippen LogP contribution in [0.5, 0.6) is 5.75 Å². The van der Waals surface area contributed by atoms with Crippen LogP contribution in [0.25, 0.3) is 0 Å². The van der Waals surface area contributed by atoms with Crippen LogP contribution in [0.4, 0.5) is 13.2 Å². The number of benzene rings is 1. The Balaban J connectivity index is 3.12. The third kappa shape index (κ3) is 3.73.